The van der Waals surface area contributed by atoms with Gasteiger partial charge in [-0.1, -0.05) is 69.3 Å². The first kappa shape index (κ1) is 27.7. The van der Waals surface area contributed by atoms with Crippen LogP contribution >= 0.6 is 0 Å². The average Bonchev–Trinajstić information content (AvgIpc) is 3.28. The number of carbonyl (C=O) groups is 2. The molecular formula is C31H37N5O3. The van der Waals surface area contributed by atoms with Crippen molar-refractivity contribution in [2.45, 2.75) is 59.0 Å². The zero-order valence-corrected chi connectivity index (χ0v) is 23.5. The van der Waals surface area contributed by atoms with Gasteiger partial charge in [0.2, 0.25) is 0 Å². The largest absolute Gasteiger partial charge is 0.444 e. The Hall–Kier alpha value is -4.33. The minimum atomic E-state index is -0.543. The van der Waals surface area contributed by atoms with E-state index in [-0.39, 0.29) is 11.4 Å². The molecule has 0 aliphatic heterocycles. The van der Waals surface area contributed by atoms with Gasteiger partial charge in [-0.2, -0.15) is 5.10 Å². The summed E-state index contributed by atoms with van der Waals surface area (Å²) >= 11 is 0. The smallest absolute Gasteiger partial charge is 0.407 e. The van der Waals surface area contributed by atoms with Crippen molar-refractivity contribution in [3.05, 3.63) is 84.1 Å². The monoisotopic (exact) mass is 527 g/mol. The van der Waals surface area contributed by atoms with Crippen molar-refractivity contribution in [3.8, 4) is 5.69 Å². The second-order valence-corrected chi connectivity index (χ2v) is 11.5. The Morgan fingerprint density at radius 3 is 2.33 bits per heavy atom. The maximum absolute atomic E-state index is 13.1. The number of anilines is 2. The summed E-state index contributed by atoms with van der Waals surface area (Å²) < 4.78 is 7.06. The van der Waals surface area contributed by atoms with Crippen molar-refractivity contribution >= 4 is 34.4 Å². The van der Waals surface area contributed by atoms with Crippen LogP contribution in [0.1, 0.15) is 52.8 Å². The number of nitrogens with one attached hydrogen (secondary N) is 3. The van der Waals surface area contributed by atoms with Crippen molar-refractivity contribution in [2.75, 3.05) is 17.2 Å². The highest BCUT2D eigenvalue weighted by molar-refractivity contribution is 6.06. The highest BCUT2D eigenvalue weighted by atomic mass is 16.6. The number of carbonyl (C=O) groups excluding carboxylic acids is 2. The Balaban J connectivity index is 1.53. The standard InChI is InChI=1S/C31H37N5O3/c1-30(2,3)26-20-27(34-28(37)33-25-16-10-13-22-12-7-8-15-24(22)25)36(35-26)23-14-9-11-21(19-23)17-18-32-29(38)39-31(4,5)6/h7-16,19-20H,17-18H2,1-6H3,(H,32,38)(H2,33,34,37). The predicted molar refractivity (Wildman–Crippen MR) is 157 cm³/mol. The summed E-state index contributed by atoms with van der Waals surface area (Å²) in [5.74, 6) is 0.557. The predicted octanol–water partition coefficient (Wildman–Crippen LogP) is 7.03. The molecule has 3 aromatic carbocycles. The molecule has 0 fully saturated rings. The molecule has 0 radical (unpaired) electrons. The second kappa shape index (κ2) is 11.2. The van der Waals surface area contributed by atoms with E-state index >= 15 is 0 Å². The number of rotatable bonds is 6. The van der Waals surface area contributed by atoms with Crippen LogP contribution in [0.25, 0.3) is 16.5 Å². The zero-order valence-electron chi connectivity index (χ0n) is 23.5. The molecule has 0 spiro atoms. The van der Waals surface area contributed by atoms with E-state index in [2.05, 4.69) is 36.7 Å². The fourth-order valence-electron chi connectivity index (χ4n) is 4.10. The lowest BCUT2D eigenvalue weighted by molar-refractivity contribution is 0.0528. The summed E-state index contributed by atoms with van der Waals surface area (Å²) in [4.78, 5) is 25.1. The van der Waals surface area contributed by atoms with Crippen LogP contribution in [0.15, 0.2) is 72.8 Å². The molecule has 0 aliphatic carbocycles. The lowest BCUT2D eigenvalue weighted by atomic mass is 9.92. The minimum absolute atomic E-state index is 0.220. The van der Waals surface area contributed by atoms with Crippen molar-refractivity contribution in [1.82, 2.24) is 15.1 Å². The van der Waals surface area contributed by atoms with E-state index in [4.69, 9.17) is 9.84 Å². The molecule has 39 heavy (non-hydrogen) atoms. The zero-order chi connectivity index (χ0) is 28.2. The van der Waals surface area contributed by atoms with Crippen LogP contribution in [0.5, 0.6) is 0 Å². The van der Waals surface area contributed by atoms with E-state index in [1.165, 1.54) is 0 Å². The van der Waals surface area contributed by atoms with Gasteiger partial charge in [-0.25, -0.2) is 14.3 Å². The van der Waals surface area contributed by atoms with E-state index in [1.807, 2.05) is 93.6 Å². The second-order valence-electron chi connectivity index (χ2n) is 11.5. The molecule has 0 aliphatic rings. The molecular weight excluding hydrogens is 490 g/mol. The fraction of sp³-hybridized carbons (Fsp3) is 0.323. The number of hydrogen-bond acceptors (Lipinski definition) is 4. The van der Waals surface area contributed by atoms with Crippen LogP contribution in [-0.4, -0.2) is 34.1 Å². The molecule has 8 heteroatoms. The summed E-state index contributed by atoms with van der Waals surface area (Å²) in [6, 6.07) is 23.2. The Morgan fingerprint density at radius 1 is 0.872 bits per heavy atom. The summed E-state index contributed by atoms with van der Waals surface area (Å²) in [5.41, 5.74) is 2.64. The Labute approximate surface area is 229 Å². The Morgan fingerprint density at radius 2 is 1.59 bits per heavy atom. The van der Waals surface area contributed by atoms with Gasteiger partial charge in [-0.05, 0) is 56.3 Å². The van der Waals surface area contributed by atoms with Crippen LogP contribution in [0.3, 0.4) is 0 Å². The average molecular weight is 528 g/mol. The molecule has 0 saturated heterocycles. The summed E-state index contributed by atoms with van der Waals surface area (Å²) in [7, 11) is 0. The van der Waals surface area contributed by atoms with Crippen molar-refractivity contribution in [2.24, 2.45) is 0 Å². The SMILES string of the molecule is CC(C)(C)OC(=O)NCCc1cccc(-n2nc(C(C)(C)C)cc2NC(=O)Nc2cccc3ccccc23)c1. The number of fused-ring (bicyclic) bond motifs is 1. The van der Waals surface area contributed by atoms with Gasteiger partial charge in [0.15, 0.2) is 0 Å². The summed E-state index contributed by atoms with van der Waals surface area (Å²) in [6.45, 7) is 12.2. The molecule has 4 aromatic rings. The molecule has 8 nitrogen and oxygen atoms in total. The molecule has 1 aromatic heterocycles. The Bertz CT molecular complexity index is 1470. The molecule has 0 unspecified atom stereocenters. The van der Waals surface area contributed by atoms with Gasteiger partial charge in [0.25, 0.3) is 0 Å². The lowest BCUT2D eigenvalue weighted by Crippen LogP contribution is -2.33. The summed E-state index contributed by atoms with van der Waals surface area (Å²) in [5, 5.41) is 15.6. The van der Waals surface area contributed by atoms with E-state index < -0.39 is 11.7 Å². The number of aromatic nitrogens is 2. The Kier molecular flexibility index (Phi) is 7.95. The number of nitrogens with zero attached hydrogens (tertiary/aromatic N) is 2. The number of ether oxygens (including phenoxy) is 1. The van der Waals surface area contributed by atoms with Gasteiger partial charge in [-0.15, -0.1) is 0 Å². The van der Waals surface area contributed by atoms with Crippen LogP contribution < -0.4 is 16.0 Å². The first-order valence-electron chi connectivity index (χ1n) is 13.1. The van der Waals surface area contributed by atoms with Crippen LogP contribution in [0.2, 0.25) is 0 Å². The van der Waals surface area contributed by atoms with E-state index in [0.717, 1.165) is 33.4 Å². The number of hydrogen-bond donors (Lipinski definition) is 3. The highest BCUT2D eigenvalue weighted by Crippen LogP contribution is 2.28. The third kappa shape index (κ3) is 7.37. The third-order valence-corrected chi connectivity index (χ3v) is 5.99. The van der Waals surface area contributed by atoms with Crippen LogP contribution in [0, 0.1) is 0 Å². The molecule has 0 atom stereocenters. The fourth-order valence-corrected chi connectivity index (χ4v) is 4.10. The first-order chi connectivity index (χ1) is 18.4. The van der Waals surface area contributed by atoms with Gasteiger partial charge in [0.1, 0.15) is 11.4 Å². The first-order valence-corrected chi connectivity index (χ1v) is 13.1. The van der Waals surface area contributed by atoms with Gasteiger partial charge in [0.05, 0.1) is 17.1 Å². The van der Waals surface area contributed by atoms with Crippen LogP contribution in [0.4, 0.5) is 21.1 Å². The van der Waals surface area contributed by atoms with E-state index in [1.54, 1.807) is 4.68 Å². The molecule has 1 heterocycles. The minimum Gasteiger partial charge on any atom is -0.444 e. The molecule has 0 bridgehead atoms. The summed E-state index contributed by atoms with van der Waals surface area (Å²) in [6.07, 6.45) is 0.175. The van der Waals surface area contributed by atoms with Gasteiger partial charge < -0.3 is 15.4 Å². The molecule has 0 saturated carbocycles. The molecule has 3 N–H and O–H groups in total. The van der Waals surface area contributed by atoms with E-state index in [9.17, 15) is 9.59 Å². The normalized spacial score (nSPS) is 11.7. The third-order valence-electron chi connectivity index (χ3n) is 5.99. The highest BCUT2D eigenvalue weighted by Gasteiger charge is 2.22. The topological polar surface area (TPSA) is 97.3 Å². The lowest BCUT2D eigenvalue weighted by Gasteiger charge is -2.19. The molecule has 204 valence electrons. The molecule has 3 amide bonds. The van der Waals surface area contributed by atoms with Gasteiger partial charge in [-0.3, -0.25) is 5.32 Å². The van der Waals surface area contributed by atoms with E-state index in [0.29, 0.717) is 18.8 Å². The number of amides is 3. The quantitative estimate of drug-likeness (QED) is 0.251. The van der Waals surface area contributed by atoms with Gasteiger partial charge in [0, 0.05) is 23.4 Å². The number of urea groups is 1. The van der Waals surface area contributed by atoms with Crippen LogP contribution in [-0.2, 0) is 16.6 Å². The van der Waals surface area contributed by atoms with Crippen molar-refractivity contribution in [1.29, 1.82) is 0 Å². The van der Waals surface area contributed by atoms with Crippen molar-refractivity contribution in [3.63, 3.8) is 0 Å². The maximum atomic E-state index is 13.1. The molecule has 4 rings (SSSR count). The number of benzene rings is 3. The maximum Gasteiger partial charge on any atom is 0.407 e. The van der Waals surface area contributed by atoms with Gasteiger partial charge >= 0.3 is 12.1 Å². The number of alkyl carbamates (subject to hydrolysis) is 1. The van der Waals surface area contributed by atoms with Crippen molar-refractivity contribution < 1.29 is 14.3 Å².